The smallest absolute Gasteiger partial charge is 0.220 e. The van der Waals surface area contributed by atoms with E-state index in [1.54, 1.807) is 14.0 Å². The Balaban J connectivity index is 1.42. The zero-order valence-corrected chi connectivity index (χ0v) is 17.7. The van der Waals surface area contributed by atoms with E-state index >= 15 is 0 Å². The fourth-order valence-corrected chi connectivity index (χ4v) is 4.23. The summed E-state index contributed by atoms with van der Waals surface area (Å²) in [4.78, 5) is 19.0. The van der Waals surface area contributed by atoms with Crippen LogP contribution in [0.5, 0.6) is 11.5 Å². The number of fused-ring (bicyclic) bond motifs is 1. The molecule has 1 amide bonds. The molecule has 0 radical (unpaired) electrons. The van der Waals surface area contributed by atoms with E-state index in [4.69, 9.17) is 14.5 Å². The summed E-state index contributed by atoms with van der Waals surface area (Å²) in [6.45, 7) is 4.00. The summed E-state index contributed by atoms with van der Waals surface area (Å²) in [7, 11) is 1.66. The molecule has 6 heteroatoms. The second-order valence-electron chi connectivity index (χ2n) is 7.71. The molecule has 2 heterocycles. The highest BCUT2D eigenvalue weighted by atomic mass is 16.5. The Bertz CT molecular complexity index is 997. The van der Waals surface area contributed by atoms with Gasteiger partial charge >= 0.3 is 0 Å². The molecule has 1 aromatic heterocycles. The van der Waals surface area contributed by atoms with Gasteiger partial charge in [0.1, 0.15) is 17.3 Å². The van der Waals surface area contributed by atoms with Crippen molar-refractivity contribution in [3.8, 4) is 11.5 Å². The summed E-state index contributed by atoms with van der Waals surface area (Å²) in [6.07, 6.45) is 3.93. The molecule has 1 aliphatic rings. The van der Waals surface area contributed by atoms with Crippen molar-refractivity contribution in [2.24, 2.45) is 0 Å². The first kappa shape index (κ1) is 20.3. The first-order valence-electron chi connectivity index (χ1n) is 10.7. The molecule has 0 bridgehead atoms. The number of carbonyl (C=O) groups excluding carboxylic acids is 1. The number of carbonyl (C=O) groups is 1. The van der Waals surface area contributed by atoms with Crippen LogP contribution in [-0.4, -0.2) is 40.6 Å². The summed E-state index contributed by atoms with van der Waals surface area (Å²) in [6, 6.07) is 16.0. The number of aromatic nitrogens is 2. The van der Waals surface area contributed by atoms with E-state index in [9.17, 15) is 4.79 Å². The average molecular weight is 408 g/mol. The lowest BCUT2D eigenvalue weighted by Gasteiger charge is -2.24. The van der Waals surface area contributed by atoms with Gasteiger partial charge in [0.15, 0.2) is 0 Å². The molecule has 0 N–H and O–H groups in total. The van der Waals surface area contributed by atoms with Gasteiger partial charge in [-0.15, -0.1) is 0 Å². The average Bonchev–Trinajstić information content (AvgIpc) is 3.39. The number of hydrogen-bond donors (Lipinski definition) is 0. The number of amides is 1. The molecule has 2 aromatic carbocycles. The van der Waals surface area contributed by atoms with Crippen LogP contribution in [0.2, 0.25) is 0 Å². The number of unbranched alkanes of at least 4 members (excludes halogenated alkanes) is 1. The molecule has 0 spiro atoms. The van der Waals surface area contributed by atoms with Crippen LogP contribution in [0.15, 0.2) is 48.5 Å². The van der Waals surface area contributed by atoms with Crippen molar-refractivity contribution in [2.75, 3.05) is 20.3 Å². The molecule has 1 atom stereocenters. The summed E-state index contributed by atoms with van der Waals surface area (Å²) in [5.41, 5.74) is 2.14. The van der Waals surface area contributed by atoms with Gasteiger partial charge in [-0.3, -0.25) is 4.79 Å². The quantitative estimate of drug-likeness (QED) is 0.513. The maximum Gasteiger partial charge on any atom is 0.220 e. The number of likely N-dealkylation sites (tertiary alicyclic amines) is 1. The van der Waals surface area contributed by atoms with Crippen molar-refractivity contribution >= 4 is 16.9 Å². The summed E-state index contributed by atoms with van der Waals surface area (Å²) in [5.74, 6) is 2.82. The molecule has 158 valence electrons. The van der Waals surface area contributed by atoms with Crippen molar-refractivity contribution in [2.45, 2.75) is 45.2 Å². The molecule has 30 heavy (non-hydrogen) atoms. The third kappa shape index (κ3) is 4.27. The van der Waals surface area contributed by atoms with Gasteiger partial charge in [0, 0.05) is 20.0 Å². The fourth-order valence-electron chi connectivity index (χ4n) is 4.23. The topological polar surface area (TPSA) is 56.6 Å². The van der Waals surface area contributed by atoms with E-state index in [1.807, 2.05) is 35.2 Å². The highest BCUT2D eigenvalue weighted by molar-refractivity contribution is 5.77. The lowest BCUT2D eigenvalue weighted by molar-refractivity contribution is -0.129. The Kier molecular flexibility index (Phi) is 6.21. The predicted molar refractivity (Wildman–Crippen MR) is 117 cm³/mol. The van der Waals surface area contributed by atoms with E-state index in [-0.39, 0.29) is 11.9 Å². The van der Waals surface area contributed by atoms with Gasteiger partial charge in [0.05, 0.1) is 30.8 Å². The Morgan fingerprint density at radius 3 is 2.63 bits per heavy atom. The van der Waals surface area contributed by atoms with Crippen LogP contribution in [0, 0.1) is 0 Å². The maximum absolute atomic E-state index is 12.1. The van der Waals surface area contributed by atoms with Crippen LogP contribution in [0.25, 0.3) is 11.0 Å². The van der Waals surface area contributed by atoms with Crippen molar-refractivity contribution in [1.29, 1.82) is 0 Å². The Labute approximate surface area is 177 Å². The zero-order chi connectivity index (χ0) is 20.9. The second-order valence-corrected chi connectivity index (χ2v) is 7.71. The van der Waals surface area contributed by atoms with Gasteiger partial charge in [-0.25, -0.2) is 4.98 Å². The standard InChI is InChI=1S/C24H29N3O3/c1-18(28)26-16-7-10-23(26)24-25-21-8-3-4-9-22(21)27(24)15-5-6-17-30-20-13-11-19(29-2)12-14-20/h3-4,8-9,11-14,23H,5-7,10,15-17H2,1-2H3/t23-/m1/s1. The number of para-hydroxylation sites is 2. The van der Waals surface area contributed by atoms with Crippen LogP contribution >= 0.6 is 0 Å². The third-order valence-electron chi connectivity index (χ3n) is 5.74. The molecular formula is C24H29N3O3. The number of hydrogen-bond acceptors (Lipinski definition) is 4. The van der Waals surface area contributed by atoms with Gasteiger partial charge in [-0.05, 0) is 62.1 Å². The number of benzene rings is 2. The number of aryl methyl sites for hydroxylation is 1. The van der Waals surface area contributed by atoms with Gasteiger partial charge in [0.2, 0.25) is 5.91 Å². The van der Waals surface area contributed by atoms with E-state index in [1.165, 1.54) is 0 Å². The van der Waals surface area contributed by atoms with Gasteiger partial charge in [-0.2, -0.15) is 0 Å². The van der Waals surface area contributed by atoms with Crippen molar-refractivity contribution in [3.63, 3.8) is 0 Å². The summed E-state index contributed by atoms with van der Waals surface area (Å²) < 4.78 is 13.3. The number of methoxy groups -OCH3 is 1. The first-order chi connectivity index (χ1) is 14.7. The van der Waals surface area contributed by atoms with Crippen LogP contribution in [0.1, 0.15) is 44.5 Å². The maximum atomic E-state index is 12.1. The molecule has 1 aliphatic heterocycles. The molecule has 6 nitrogen and oxygen atoms in total. The number of nitrogens with zero attached hydrogens (tertiary/aromatic N) is 3. The van der Waals surface area contributed by atoms with Gasteiger partial charge in [0.25, 0.3) is 0 Å². The molecule has 4 rings (SSSR count). The summed E-state index contributed by atoms with van der Waals surface area (Å²) >= 11 is 0. The predicted octanol–water partition coefficient (Wildman–Crippen LogP) is 4.59. The minimum atomic E-state index is 0.0745. The Morgan fingerprint density at radius 1 is 1.10 bits per heavy atom. The van der Waals surface area contributed by atoms with Crippen LogP contribution in [0.3, 0.4) is 0 Å². The Hall–Kier alpha value is -3.02. The minimum absolute atomic E-state index is 0.0745. The molecule has 0 saturated carbocycles. The zero-order valence-electron chi connectivity index (χ0n) is 17.7. The first-order valence-corrected chi connectivity index (χ1v) is 10.7. The molecule has 1 fully saturated rings. The molecule has 0 unspecified atom stereocenters. The normalized spacial score (nSPS) is 16.2. The van der Waals surface area contributed by atoms with Crippen LogP contribution < -0.4 is 9.47 Å². The lowest BCUT2D eigenvalue weighted by atomic mass is 10.2. The molecule has 3 aromatic rings. The Morgan fingerprint density at radius 2 is 1.87 bits per heavy atom. The second kappa shape index (κ2) is 9.20. The monoisotopic (exact) mass is 407 g/mol. The minimum Gasteiger partial charge on any atom is -0.497 e. The molecule has 1 saturated heterocycles. The van der Waals surface area contributed by atoms with E-state index in [2.05, 4.69) is 22.8 Å². The highest BCUT2D eigenvalue weighted by Crippen LogP contribution is 2.33. The SMILES string of the molecule is COc1ccc(OCCCCn2c([C@H]3CCCN3C(C)=O)nc3ccccc32)cc1. The number of ether oxygens (including phenoxy) is 2. The van der Waals surface area contributed by atoms with Gasteiger partial charge in [-0.1, -0.05) is 12.1 Å². The number of rotatable bonds is 8. The van der Waals surface area contributed by atoms with E-state index in [0.29, 0.717) is 6.61 Å². The largest absolute Gasteiger partial charge is 0.497 e. The lowest BCUT2D eigenvalue weighted by Crippen LogP contribution is -2.30. The summed E-state index contributed by atoms with van der Waals surface area (Å²) in [5, 5.41) is 0. The van der Waals surface area contributed by atoms with Crippen molar-refractivity contribution < 1.29 is 14.3 Å². The van der Waals surface area contributed by atoms with Crippen molar-refractivity contribution in [1.82, 2.24) is 14.5 Å². The number of imidazole rings is 1. The third-order valence-corrected chi connectivity index (χ3v) is 5.74. The van der Waals surface area contributed by atoms with E-state index in [0.717, 1.165) is 67.1 Å². The highest BCUT2D eigenvalue weighted by Gasteiger charge is 2.31. The van der Waals surface area contributed by atoms with Gasteiger partial charge < -0.3 is 18.9 Å². The molecule has 0 aliphatic carbocycles. The van der Waals surface area contributed by atoms with Crippen LogP contribution in [0.4, 0.5) is 0 Å². The molecular weight excluding hydrogens is 378 g/mol. The van der Waals surface area contributed by atoms with Crippen molar-refractivity contribution in [3.05, 3.63) is 54.4 Å². The van der Waals surface area contributed by atoms with E-state index < -0.39 is 0 Å². The fraction of sp³-hybridized carbons (Fsp3) is 0.417. The van der Waals surface area contributed by atoms with Crippen LogP contribution in [-0.2, 0) is 11.3 Å².